The Morgan fingerprint density at radius 2 is 2.15 bits per heavy atom. The fourth-order valence-electron chi connectivity index (χ4n) is 4.19. The summed E-state index contributed by atoms with van der Waals surface area (Å²) in [6.07, 6.45) is 6.63. The summed E-state index contributed by atoms with van der Waals surface area (Å²) in [5, 5.41) is 3.17. The monoisotopic (exact) mass is 357 g/mol. The molecule has 4 rings (SSSR count). The van der Waals surface area contributed by atoms with Gasteiger partial charge in [-0.1, -0.05) is 18.6 Å². The van der Waals surface area contributed by atoms with E-state index in [0.29, 0.717) is 5.92 Å². The van der Waals surface area contributed by atoms with Crippen molar-refractivity contribution in [1.82, 2.24) is 25.7 Å². The van der Waals surface area contributed by atoms with E-state index in [-0.39, 0.29) is 23.7 Å². The van der Waals surface area contributed by atoms with Gasteiger partial charge in [-0.15, -0.1) is 0 Å². The van der Waals surface area contributed by atoms with Gasteiger partial charge < -0.3 is 9.88 Å². The van der Waals surface area contributed by atoms with Crippen molar-refractivity contribution in [3.63, 3.8) is 0 Å². The number of hydrazine groups is 1. The van der Waals surface area contributed by atoms with Crippen molar-refractivity contribution in [1.29, 1.82) is 0 Å². The van der Waals surface area contributed by atoms with Crippen LogP contribution in [0.1, 0.15) is 36.7 Å². The van der Waals surface area contributed by atoms with Gasteiger partial charge in [0, 0.05) is 32.0 Å². The van der Waals surface area contributed by atoms with Crippen molar-refractivity contribution >= 4 is 5.91 Å². The normalized spacial score (nSPS) is 26.3. The van der Waals surface area contributed by atoms with Crippen LogP contribution < -0.4 is 16.2 Å². The first-order valence-corrected chi connectivity index (χ1v) is 9.15. The Morgan fingerprint density at radius 3 is 2.88 bits per heavy atom. The van der Waals surface area contributed by atoms with Crippen LogP contribution in [0, 0.1) is 17.7 Å². The van der Waals surface area contributed by atoms with Crippen LogP contribution in [0.3, 0.4) is 0 Å². The second-order valence-corrected chi connectivity index (χ2v) is 7.24. The average molecular weight is 357 g/mol. The molecule has 2 fully saturated rings. The van der Waals surface area contributed by atoms with Gasteiger partial charge in [-0.25, -0.2) is 9.37 Å². The standard InChI is InChI=1S/C19H24FN5O/c1-25-10-9-21-18(25)17(12-5-7-14(20)8-6-12)23-19(26)15-4-2-3-13-11-22-24-16(13)15/h5-10,13,15-17,22,24H,2-4,11H2,1H3,(H,23,26). The highest BCUT2D eigenvalue weighted by molar-refractivity contribution is 5.80. The van der Waals surface area contributed by atoms with Crippen LogP contribution in [0.2, 0.25) is 0 Å². The highest BCUT2D eigenvalue weighted by Gasteiger charge is 2.41. The summed E-state index contributed by atoms with van der Waals surface area (Å²) in [5.41, 5.74) is 7.28. The number of halogens is 1. The lowest BCUT2D eigenvalue weighted by Gasteiger charge is -2.33. The third-order valence-corrected chi connectivity index (χ3v) is 5.61. The average Bonchev–Trinajstić information content (AvgIpc) is 3.29. The topological polar surface area (TPSA) is 71.0 Å². The van der Waals surface area contributed by atoms with Gasteiger partial charge >= 0.3 is 0 Å². The van der Waals surface area contributed by atoms with Crippen LogP contribution in [0.15, 0.2) is 36.7 Å². The number of benzene rings is 1. The lowest BCUT2D eigenvalue weighted by Crippen LogP contribution is -2.48. The molecule has 4 atom stereocenters. The van der Waals surface area contributed by atoms with Gasteiger partial charge in [0.25, 0.3) is 0 Å². The Kier molecular flexibility index (Phi) is 4.74. The molecule has 4 unspecified atom stereocenters. The largest absolute Gasteiger partial charge is 0.342 e. The molecule has 1 aliphatic carbocycles. The molecule has 138 valence electrons. The quantitative estimate of drug-likeness (QED) is 0.778. The number of aryl methyl sites for hydroxylation is 1. The number of carbonyl (C=O) groups excluding carboxylic acids is 1. The number of hydrogen-bond donors (Lipinski definition) is 3. The second kappa shape index (κ2) is 7.17. The molecule has 1 saturated carbocycles. The Labute approximate surface area is 152 Å². The van der Waals surface area contributed by atoms with Crippen molar-refractivity contribution in [2.45, 2.75) is 31.3 Å². The molecule has 6 nitrogen and oxygen atoms in total. The summed E-state index contributed by atoms with van der Waals surface area (Å²) in [7, 11) is 1.89. The molecule has 0 bridgehead atoms. The number of hydrogen-bond acceptors (Lipinski definition) is 4. The predicted octanol–water partition coefficient (Wildman–Crippen LogP) is 1.66. The lowest BCUT2D eigenvalue weighted by atomic mass is 9.77. The Morgan fingerprint density at radius 1 is 1.35 bits per heavy atom. The predicted molar refractivity (Wildman–Crippen MR) is 95.4 cm³/mol. The minimum atomic E-state index is -0.405. The van der Waals surface area contributed by atoms with E-state index >= 15 is 0 Å². The molecule has 2 aliphatic rings. The van der Waals surface area contributed by atoms with E-state index in [2.05, 4.69) is 21.2 Å². The van der Waals surface area contributed by atoms with Gasteiger partial charge in [0.2, 0.25) is 5.91 Å². The molecule has 1 saturated heterocycles. The first-order chi connectivity index (χ1) is 12.6. The van der Waals surface area contributed by atoms with Gasteiger partial charge in [-0.3, -0.25) is 15.6 Å². The van der Waals surface area contributed by atoms with Gasteiger partial charge in [0.05, 0.1) is 5.92 Å². The molecule has 7 heteroatoms. The Balaban J connectivity index is 1.59. The molecule has 3 N–H and O–H groups in total. The SMILES string of the molecule is Cn1ccnc1C(NC(=O)C1CCCC2CNNC21)c1ccc(F)cc1. The molecule has 1 amide bonds. The number of nitrogens with zero attached hydrogens (tertiary/aromatic N) is 2. The summed E-state index contributed by atoms with van der Waals surface area (Å²) in [6.45, 7) is 0.912. The number of carbonyl (C=O) groups is 1. The van der Waals surface area contributed by atoms with Crippen LogP contribution in [0.4, 0.5) is 4.39 Å². The maximum absolute atomic E-state index is 13.3. The van der Waals surface area contributed by atoms with Crippen LogP contribution in [0.5, 0.6) is 0 Å². The Hall–Kier alpha value is -2.25. The van der Waals surface area contributed by atoms with Crippen molar-refractivity contribution in [3.8, 4) is 0 Å². The van der Waals surface area contributed by atoms with E-state index in [1.807, 2.05) is 17.8 Å². The molecule has 2 aromatic rings. The van der Waals surface area contributed by atoms with Gasteiger partial charge in [-0.2, -0.15) is 0 Å². The van der Waals surface area contributed by atoms with Crippen LogP contribution in [-0.2, 0) is 11.8 Å². The van der Waals surface area contributed by atoms with E-state index in [0.717, 1.165) is 37.2 Å². The zero-order valence-corrected chi connectivity index (χ0v) is 14.8. The maximum atomic E-state index is 13.3. The number of aromatic nitrogens is 2. The molecule has 2 heterocycles. The molecule has 26 heavy (non-hydrogen) atoms. The van der Waals surface area contributed by atoms with Crippen molar-refractivity contribution < 1.29 is 9.18 Å². The minimum Gasteiger partial charge on any atom is -0.342 e. The highest BCUT2D eigenvalue weighted by atomic mass is 19.1. The van der Waals surface area contributed by atoms with E-state index in [1.54, 1.807) is 18.3 Å². The number of fused-ring (bicyclic) bond motifs is 1. The molecular formula is C19H24FN5O. The number of amides is 1. The third-order valence-electron chi connectivity index (χ3n) is 5.61. The van der Waals surface area contributed by atoms with Crippen molar-refractivity contribution in [3.05, 3.63) is 53.9 Å². The highest BCUT2D eigenvalue weighted by Crippen LogP contribution is 2.32. The molecule has 1 aromatic carbocycles. The second-order valence-electron chi connectivity index (χ2n) is 7.24. The zero-order chi connectivity index (χ0) is 18.1. The summed E-state index contributed by atoms with van der Waals surface area (Å²) < 4.78 is 15.2. The maximum Gasteiger partial charge on any atom is 0.225 e. The van der Waals surface area contributed by atoms with E-state index in [1.165, 1.54) is 12.1 Å². The van der Waals surface area contributed by atoms with Crippen molar-refractivity contribution in [2.24, 2.45) is 18.9 Å². The van der Waals surface area contributed by atoms with Crippen LogP contribution in [0.25, 0.3) is 0 Å². The van der Waals surface area contributed by atoms with Crippen LogP contribution in [-0.4, -0.2) is 28.0 Å². The summed E-state index contributed by atoms with van der Waals surface area (Å²) in [6, 6.07) is 5.99. The zero-order valence-electron chi connectivity index (χ0n) is 14.8. The Bertz CT molecular complexity index is 774. The van der Waals surface area contributed by atoms with Crippen LogP contribution >= 0.6 is 0 Å². The third kappa shape index (κ3) is 3.24. The molecule has 0 spiro atoms. The van der Waals surface area contributed by atoms with Crippen molar-refractivity contribution in [2.75, 3.05) is 6.54 Å². The summed E-state index contributed by atoms with van der Waals surface area (Å²) in [4.78, 5) is 17.5. The van der Waals surface area contributed by atoms with Gasteiger partial charge in [0.1, 0.15) is 17.7 Å². The smallest absolute Gasteiger partial charge is 0.225 e. The molecule has 1 aliphatic heterocycles. The number of rotatable bonds is 4. The molecule has 0 radical (unpaired) electrons. The minimum absolute atomic E-state index is 0.0215. The first-order valence-electron chi connectivity index (χ1n) is 9.15. The fourth-order valence-corrected chi connectivity index (χ4v) is 4.19. The summed E-state index contributed by atoms with van der Waals surface area (Å²) >= 11 is 0. The fraction of sp³-hybridized carbons (Fsp3) is 0.474. The summed E-state index contributed by atoms with van der Waals surface area (Å²) in [5.74, 6) is 0.877. The molecular weight excluding hydrogens is 333 g/mol. The first kappa shape index (κ1) is 17.2. The van der Waals surface area contributed by atoms with Gasteiger partial charge in [0.15, 0.2) is 0 Å². The lowest BCUT2D eigenvalue weighted by molar-refractivity contribution is -0.127. The number of nitrogens with one attached hydrogen (secondary N) is 3. The molecule has 1 aromatic heterocycles. The van der Waals surface area contributed by atoms with E-state index in [4.69, 9.17) is 0 Å². The van der Waals surface area contributed by atoms with E-state index in [9.17, 15) is 9.18 Å². The number of imidazole rings is 1. The van der Waals surface area contributed by atoms with Gasteiger partial charge in [-0.05, 0) is 36.5 Å². The van der Waals surface area contributed by atoms with E-state index < -0.39 is 6.04 Å².